The van der Waals surface area contributed by atoms with Crippen molar-refractivity contribution in [1.82, 2.24) is 4.90 Å². The number of aldehydes is 1. The van der Waals surface area contributed by atoms with Gasteiger partial charge < -0.3 is 0 Å². The van der Waals surface area contributed by atoms with Crippen molar-refractivity contribution in [2.75, 3.05) is 7.05 Å². The molecule has 1 fully saturated rings. The second-order valence-electron chi connectivity index (χ2n) is 5.81. The molecular weight excluding hydrogens is 190 g/mol. The molecule has 1 aliphatic rings. The summed E-state index contributed by atoms with van der Waals surface area (Å²) in [6, 6.07) is 0. The van der Waals surface area contributed by atoms with Crippen molar-refractivity contribution in [2.24, 2.45) is 5.92 Å². The fraction of sp³-hybridized carbons (Fsp3) is 0.833. The van der Waals surface area contributed by atoms with Crippen LogP contribution in [-0.4, -0.2) is 35.1 Å². The average molecular weight is 211 g/mol. The Balaban J connectivity index is 2.93. The molecule has 1 heterocycles. The van der Waals surface area contributed by atoms with Crippen molar-refractivity contribution < 1.29 is 9.59 Å². The van der Waals surface area contributed by atoms with E-state index in [4.69, 9.17) is 0 Å². The predicted molar refractivity (Wildman–Crippen MR) is 59.7 cm³/mol. The van der Waals surface area contributed by atoms with Gasteiger partial charge in [0.15, 0.2) is 12.1 Å². The molecule has 0 N–H and O–H groups in total. The number of carbonyl (C=O) groups is 2. The molecule has 15 heavy (non-hydrogen) atoms. The van der Waals surface area contributed by atoms with E-state index in [1.54, 1.807) is 0 Å². The van der Waals surface area contributed by atoms with Gasteiger partial charge in [0.05, 0.1) is 0 Å². The highest BCUT2D eigenvalue weighted by Crippen LogP contribution is 2.40. The Morgan fingerprint density at radius 2 is 1.60 bits per heavy atom. The van der Waals surface area contributed by atoms with Crippen LogP contribution in [0.15, 0.2) is 0 Å². The lowest BCUT2D eigenvalue weighted by atomic mass is 9.73. The molecule has 0 aromatic heterocycles. The second kappa shape index (κ2) is 3.71. The standard InChI is InChI=1S/C12H21NO2/c1-11(2)6-9(10(15)8-14)7-12(3,4)13(11)5/h8-9H,6-7H2,1-5H3. The van der Waals surface area contributed by atoms with Crippen LogP contribution in [0.5, 0.6) is 0 Å². The lowest BCUT2D eigenvalue weighted by Crippen LogP contribution is -2.59. The molecule has 0 atom stereocenters. The smallest absolute Gasteiger partial charge is 0.198 e. The molecule has 86 valence electrons. The van der Waals surface area contributed by atoms with Crippen LogP contribution in [0, 0.1) is 5.92 Å². The predicted octanol–water partition coefficient (Wildman–Crippen LogP) is 1.65. The number of hydrogen-bond donors (Lipinski definition) is 0. The van der Waals surface area contributed by atoms with Gasteiger partial charge >= 0.3 is 0 Å². The van der Waals surface area contributed by atoms with Crippen LogP contribution in [-0.2, 0) is 9.59 Å². The lowest BCUT2D eigenvalue weighted by molar-refractivity contribution is -0.137. The van der Waals surface area contributed by atoms with Crippen LogP contribution in [0.4, 0.5) is 0 Å². The van der Waals surface area contributed by atoms with Crippen molar-refractivity contribution in [1.29, 1.82) is 0 Å². The molecule has 3 nitrogen and oxygen atoms in total. The maximum Gasteiger partial charge on any atom is 0.198 e. The fourth-order valence-electron chi connectivity index (χ4n) is 2.67. The quantitative estimate of drug-likeness (QED) is 0.515. The first-order chi connectivity index (χ1) is 6.70. The summed E-state index contributed by atoms with van der Waals surface area (Å²) >= 11 is 0. The molecule has 1 rings (SSSR count). The average Bonchev–Trinajstić information content (AvgIpc) is 2.11. The first-order valence-electron chi connectivity index (χ1n) is 5.44. The van der Waals surface area contributed by atoms with Crippen molar-refractivity contribution in [3.63, 3.8) is 0 Å². The van der Waals surface area contributed by atoms with Gasteiger partial charge in [0.25, 0.3) is 0 Å². The zero-order valence-corrected chi connectivity index (χ0v) is 10.3. The molecule has 0 aliphatic carbocycles. The Bertz CT molecular complexity index is 263. The van der Waals surface area contributed by atoms with Crippen LogP contribution < -0.4 is 0 Å². The molecular formula is C12H21NO2. The molecule has 1 saturated heterocycles. The van der Waals surface area contributed by atoms with Crippen LogP contribution in [0.2, 0.25) is 0 Å². The monoisotopic (exact) mass is 211 g/mol. The number of nitrogens with zero attached hydrogens (tertiary/aromatic N) is 1. The topological polar surface area (TPSA) is 37.4 Å². The van der Waals surface area contributed by atoms with Gasteiger partial charge in [-0.3, -0.25) is 14.5 Å². The first kappa shape index (κ1) is 12.4. The highest BCUT2D eigenvalue weighted by molar-refractivity contribution is 6.26. The summed E-state index contributed by atoms with van der Waals surface area (Å²) in [5, 5.41) is 0. The van der Waals surface area contributed by atoms with E-state index in [0.29, 0.717) is 6.29 Å². The SMILES string of the molecule is CN1C(C)(C)CC(C(=O)C=O)CC1(C)C. The number of likely N-dealkylation sites (tertiary alicyclic amines) is 1. The van der Waals surface area contributed by atoms with Crippen molar-refractivity contribution >= 4 is 12.1 Å². The third-order valence-corrected chi connectivity index (χ3v) is 3.83. The van der Waals surface area contributed by atoms with E-state index >= 15 is 0 Å². The minimum Gasteiger partial charge on any atom is -0.296 e. The van der Waals surface area contributed by atoms with Gasteiger partial charge in [-0.15, -0.1) is 0 Å². The van der Waals surface area contributed by atoms with Gasteiger partial charge in [-0.05, 0) is 47.6 Å². The second-order valence-corrected chi connectivity index (χ2v) is 5.81. The summed E-state index contributed by atoms with van der Waals surface area (Å²) in [6.45, 7) is 8.50. The van der Waals surface area contributed by atoms with Crippen molar-refractivity contribution in [3.05, 3.63) is 0 Å². The molecule has 0 bridgehead atoms. The Labute approximate surface area is 91.8 Å². The third kappa shape index (κ3) is 2.28. The molecule has 1 aliphatic heterocycles. The van der Waals surface area contributed by atoms with Gasteiger partial charge in [0, 0.05) is 17.0 Å². The minimum absolute atomic E-state index is 0.0227. The Morgan fingerprint density at radius 1 is 1.20 bits per heavy atom. The minimum atomic E-state index is -0.246. The Morgan fingerprint density at radius 3 is 1.93 bits per heavy atom. The molecule has 0 unspecified atom stereocenters. The highest BCUT2D eigenvalue weighted by Gasteiger charge is 2.44. The van der Waals surface area contributed by atoms with E-state index in [0.717, 1.165) is 12.8 Å². The fourth-order valence-corrected chi connectivity index (χ4v) is 2.67. The molecule has 0 saturated carbocycles. The Kier molecular flexibility index (Phi) is 3.06. The summed E-state index contributed by atoms with van der Waals surface area (Å²) in [7, 11) is 2.08. The largest absolute Gasteiger partial charge is 0.296 e. The van der Waals surface area contributed by atoms with Crippen LogP contribution in [0.3, 0.4) is 0 Å². The molecule has 0 radical (unpaired) electrons. The number of carbonyl (C=O) groups excluding carboxylic acids is 2. The third-order valence-electron chi connectivity index (χ3n) is 3.83. The van der Waals surface area contributed by atoms with Gasteiger partial charge in [-0.2, -0.15) is 0 Å². The molecule has 3 heteroatoms. The zero-order chi connectivity index (χ0) is 11.9. The van der Waals surface area contributed by atoms with E-state index in [1.165, 1.54) is 0 Å². The lowest BCUT2D eigenvalue weighted by Gasteiger charge is -2.53. The van der Waals surface area contributed by atoms with E-state index in [2.05, 4.69) is 39.6 Å². The molecule has 0 aromatic rings. The Hall–Kier alpha value is -0.700. The molecule has 0 spiro atoms. The van der Waals surface area contributed by atoms with Gasteiger partial charge in [-0.1, -0.05) is 0 Å². The van der Waals surface area contributed by atoms with Crippen molar-refractivity contribution in [3.8, 4) is 0 Å². The van der Waals surface area contributed by atoms with E-state index in [1.807, 2.05) is 0 Å². The first-order valence-corrected chi connectivity index (χ1v) is 5.44. The molecule has 0 aromatic carbocycles. The summed E-state index contributed by atoms with van der Waals surface area (Å²) in [5.74, 6) is -0.354. The van der Waals surface area contributed by atoms with Crippen LogP contribution in [0.25, 0.3) is 0 Å². The van der Waals surface area contributed by atoms with Crippen LogP contribution in [0.1, 0.15) is 40.5 Å². The van der Waals surface area contributed by atoms with Gasteiger partial charge in [0.2, 0.25) is 0 Å². The number of hydrogen-bond acceptors (Lipinski definition) is 3. The van der Waals surface area contributed by atoms with Gasteiger partial charge in [0.1, 0.15) is 0 Å². The zero-order valence-electron chi connectivity index (χ0n) is 10.3. The normalized spacial score (nSPS) is 26.2. The van der Waals surface area contributed by atoms with Crippen molar-refractivity contribution in [2.45, 2.75) is 51.6 Å². The maximum absolute atomic E-state index is 11.5. The number of rotatable bonds is 2. The van der Waals surface area contributed by atoms with Gasteiger partial charge in [-0.25, -0.2) is 0 Å². The summed E-state index contributed by atoms with van der Waals surface area (Å²) < 4.78 is 0. The number of ketones is 1. The van der Waals surface area contributed by atoms with Crippen LogP contribution >= 0.6 is 0 Å². The van der Waals surface area contributed by atoms with E-state index in [9.17, 15) is 9.59 Å². The summed E-state index contributed by atoms with van der Waals surface area (Å²) in [4.78, 5) is 24.3. The van der Waals surface area contributed by atoms with E-state index in [-0.39, 0.29) is 22.8 Å². The van der Waals surface area contributed by atoms with E-state index < -0.39 is 0 Å². The molecule has 0 amide bonds. The maximum atomic E-state index is 11.5. The highest BCUT2D eigenvalue weighted by atomic mass is 16.2. The number of Topliss-reactive ketones (excluding diaryl/α,β-unsaturated/α-hetero) is 1. The summed E-state index contributed by atoms with van der Waals surface area (Å²) in [5.41, 5.74) is -0.0455. The summed E-state index contributed by atoms with van der Waals surface area (Å²) in [6.07, 6.45) is 2.01. The number of piperidine rings is 1.